The summed E-state index contributed by atoms with van der Waals surface area (Å²) in [6.07, 6.45) is 3.53. The van der Waals surface area contributed by atoms with Gasteiger partial charge in [-0.15, -0.1) is 0 Å². The Bertz CT molecular complexity index is 387. The van der Waals surface area contributed by atoms with Gasteiger partial charge in [-0.1, -0.05) is 6.07 Å². The molecule has 3 heteroatoms. The second-order valence-electron chi connectivity index (χ2n) is 4.54. The second-order valence-corrected chi connectivity index (χ2v) is 4.54. The fraction of sp³-hybridized carbons (Fsp3) is 0.462. The third-order valence-electron chi connectivity index (χ3n) is 3.07. The minimum atomic E-state index is -0.297. The van der Waals surface area contributed by atoms with Crippen LogP contribution >= 0.6 is 0 Å². The average Bonchev–Trinajstić information content (AvgIpc) is 3.01. The highest BCUT2D eigenvalue weighted by Gasteiger charge is 2.23. The topological polar surface area (TPSA) is 35.9 Å². The molecule has 2 rings (SSSR count). The molecule has 0 bridgehead atoms. The predicted molar refractivity (Wildman–Crippen MR) is 63.6 cm³/mol. The highest BCUT2D eigenvalue weighted by atomic mass is 19.1. The number of benzene rings is 1. The van der Waals surface area contributed by atoms with Crippen molar-refractivity contribution in [2.45, 2.75) is 38.8 Å². The predicted octanol–water partition coefficient (Wildman–Crippen LogP) is 2.94. The van der Waals surface area contributed by atoms with E-state index in [0.29, 0.717) is 11.6 Å². The van der Waals surface area contributed by atoms with Crippen LogP contribution in [0, 0.1) is 18.2 Å². The van der Waals surface area contributed by atoms with E-state index in [1.807, 2.05) is 13.0 Å². The number of rotatable bonds is 4. The van der Waals surface area contributed by atoms with Crippen LogP contribution in [0.15, 0.2) is 12.1 Å². The largest absolute Gasteiger partial charge is 0.308 e. The Morgan fingerprint density at radius 1 is 1.50 bits per heavy atom. The number of nitrogens with one attached hydrogen (secondary N) is 2. The van der Waals surface area contributed by atoms with Gasteiger partial charge >= 0.3 is 0 Å². The lowest BCUT2D eigenvalue weighted by Crippen LogP contribution is -2.21. The summed E-state index contributed by atoms with van der Waals surface area (Å²) in [5.41, 5.74) is 2.18. The Hall–Kier alpha value is -1.22. The summed E-state index contributed by atoms with van der Waals surface area (Å²) >= 11 is 0. The van der Waals surface area contributed by atoms with Gasteiger partial charge in [0, 0.05) is 23.9 Å². The summed E-state index contributed by atoms with van der Waals surface area (Å²) in [5, 5.41) is 10.6. The normalized spacial score (nSPS) is 17.2. The first-order valence-electron chi connectivity index (χ1n) is 5.68. The van der Waals surface area contributed by atoms with E-state index >= 15 is 0 Å². The van der Waals surface area contributed by atoms with E-state index in [9.17, 15) is 4.39 Å². The van der Waals surface area contributed by atoms with Gasteiger partial charge in [-0.25, -0.2) is 4.39 Å². The van der Waals surface area contributed by atoms with Gasteiger partial charge in [-0.05, 0) is 43.9 Å². The molecule has 0 heterocycles. The summed E-state index contributed by atoms with van der Waals surface area (Å²) in [7, 11) is 0. The van der Waals surface area contributed by atoms with Gasteiger partial charge in [0.25, 0.3) is 0 Å². The fourth-order valence-corrected chi connectivity index (χ4v) is 1.91. The van der Waals surface area contributed by atoms with E-state index in [1.165, 1.54) is 18.9 Å². The number of hydrogen-bond acceptors (Lipinski definition) is 2. The summed E-state index contributed by atoms with van der Waals surface area (Å²) in [6.45, 7) is 3.90. The van der Waals surface area contributed by atoms with Crippen LogP contribution in [-0.4, -0.2) is 12.3 Å². The highest BCUT2D eigenvalue weighted by Crippen LogP contribution is 2.25. The van der Waals surface area contributed by atoms with Crippen LogP contribution in [-0.2, 0) is 0 Å². The SMILES string of the molecule is Cc1cc(C(C)NC2CC2)cc(F)c1C=N. The van der Waals surface area contributed by atoms with Crippen molar-refractivity contribution in [1.82, 2.24) is 5.32 Å². The van der Waals surface area contributed by atoms with Crippen LogP contribution in [0.1, 0.15) is 42.5 Å². The van der Waals surface area contributed by atoms with E-state index in [0.717, 1.165) is 17.3 Å². The van der Waals surface area contributed by atoms with Gasteiger partial charge in [-0.3, -0.25) is 0 Å². The summed E-state index contributed by atoms with van der Waals surface area (Å²) < 4.78 is 13.6. The van der Waals surface area contributed by atoms with Crippen molar-refractivity contribution in [3.05, 3.63) is 34.6 Å². The number of aryl methyl sites for hydroxylation is 1. The molecule has 1 aromatic carbocycles. The van der Waals surface area contributed by atoms with E-state index in [4.69, 9.17) is 5.41 Å². The molecular formula is C13H17FN2. The molecule has 1 unspecified atom stereocenters. The van der Waals surface area contributed by atoms with Crippen LogP contribution in [0.2, 0.25) is 0 Å². The monoisotopic (exact) mass is 220 g/mol. The molecule has 2 nitrogen and oxygen atoms in total. The molecule has 0 radical (unpaired) electrons. The fourth-order valence-electron chi connectivity index (χ4n) is 1.91. The molecule has 1 aliphatic rings. The molecule has 0 aliphatic heterocycles. The minimum Gasteiger partial charge on any atom is -0.308 e. The molecule has 86 valence electrons. The molecule has 2 N–H and O–H groups in total. The Balaban J connectivity index is 2.23. The van der Waals surface area contributed by atoms with Gasteiger partial charge in [0.05, 0.1) is 0 Å². The maximum atomic E-state index is 13.6. The smallest absolute Gasteiger partial charge is 0.132 e. The lowest BCUT2D eigenvalue weighted by Gasteiger charge is -2.15. The zero-order valence-electron chi connectivity index (χ0n) is 9.68. The highest BCUT2D eigenvalue weighted by molar-refractivity contribution is 5.79. The van der Waals surface area contributed by atoms with Gasteiger partial charge in [0.15, 0.2) is 0 Å². The lowest BCUT2D eigenvalue weighted by molar-refractivity contribution is 0.561. The zero-order chi connectivity index (χ0) is 11.7. The first-order chi connectivity index (χ1) is 7.61. The maximum Gasteiger partial charge on any atom is 0.132 e. The third-order valence-corrected chi connectivity index (χ3v) is 3.07. The molecule has 1 saturated carbocycles. The van der Waals surface area contributed by atoms with Crippen molar-refractivity contribution in [1.29, 1.82) is 5.41 Å². The molecule has 0 aromatic heterocycles. The summed E-state index contributed by atoms with van der Waals surface area (Å²) in [5.74, 6) is -0.297. The van der Waals surface area contributed by atoms with Crippen molar-refractivity contribution >= 4 is 6.21 Å². The molecule has 1 fully saturated rings. The summed E-state index contributed by atoms with van der Waals surface area (Å²) in [4.78, 5) is 0. The average molecular weight is 220 g/mol. The van der Waals surface area contributed by atoms with Crippen LogP contribution in [0.5, 0.6) is 0 Å². The molecule has 0 amide bonds. The van der Waals surface area contributed by atoms with Crippen molar-refractivity contribution in [2.24, 2.45) is 0 Å². The molecule has 16 heavy (non-hydrogen) atoms. The maximum absolute atomic E-state index is 13.6. The van der Waals surface area contributed by atoms with Gasteiger partial charge in [0.2, 0.25) is 0 Å². The molecule has 1 aromatic rings. The van der Waals surface area contributed by atoms with Crippen LogP contribution < -0.4 is 5.32 Å². The van der Waals surface area contributed by atoms with Gasteiger partial charge in [0.1, 0.15) is 5.82 Å². The van der Waals surface area contributed by atoms with Crippen molar-refractivity contribution < 1.29 is 4.39 Å². The van der Waals surface area contributed by atoms with Gasteiger partial charge < -0.3 is 10.7 Å². The van der Waals surface area contributed by atoms with Crippen molar-refractivity contribution in [3.63, 3.8) is 0 Å². The minimum absolute atomic E-state index is 0.181. The van der Waals surface area contributed by atoms with Crippen LogP contribution in [0.3, 0.4) is 0 Å². The third kappa shape index (κ3) is 2.30. The molecule has 1 aliphatic carbocycles. The quantitative estimate of drug-likeness (QED) is 0.752. The Kier molecular flexibility index (Phi) is 3.06. The number of hydrogen-bond donors (Lipinski definition) is 2. The molecule has 1 atom stereocenters. The van der Waals surface area contributed by atoms with E-state index < -0.39 is 0 Å². The first-order valence-corrected chi connectivity index (χ1v) is 5.68. The molecule has 0 spiro atoms. The number of halogens is 1. The summed E-state index contributed by atoms with van der Waals surface area (Å²) in [6, 6.07) is 4.29. The van der Waals surface area contributed by atoms with Crippen molar-refractivity contribution in [2.75, 3.05) is 0 Å². The first kappa shape index (κ1) is 11.3. The Morgan fingerprint density at radius 3 is 2.69 bits per heavy atom. The van der Waals surface area contributed by atoms with Crippen molar-refractivity contribution in [3.8, 4) is 0 Å². The standard InChI is InChI=1S/C13H17FN2/c1-8-5-10(6-13(14)12(8)7-15)9(2)16-11-3-4-11/h5-7,9,11,15-16H,3-4H2,1-2H3. The molecule has 0 saturated heterocycles. The van der Waals surface area contributed by atoms with E-state index in [-0.39, 0.29) is 11.9 Å². The Morgan fingerprint density at radius 2 is 2.19 bits per heavy atom. The Labute approximate surface area is 95.4 Å². The van der Waals surface area contributed by atoms with E-state index in [2.05, 4.69) is 12.2 Å². The van der Waals surface area contributed by atoms with Crippen LogP contribution in [0.25, 0.3) is 0 Å². The molecular weight excluding hydrogens is 203 g/mol. The van der Waals surface area contributed by atoms with Crippen LogP contribution in [0.4, 0.5) is 4.39 Å². The van der Waals surface area contributed by atoms with E-state index in [1.54, 1.807) is 0 Å². The van der Waals surface area contributed by atoms with Gasteiger partial charge in [-0.2, -0.15) is 0 Å². The zero-order valence-corrected chi connectivity index (χ0v) is 9.68. The second kappa shape index (κ2) is 4.34. The lowest BCUT2D eigenvalue weighted by atomic mass is 10.0.